The van der Waals surface area contributed by atoms with Gasteiger partial charge in [0.05, 0.1) is 29.5 Å². The minimum Gasteiger partial charge on any atom is -0.433 e. The van der Waals surface area contributed by atoms with Crippen LogP contribution in [-0.2, 0) is 5.41 Å². The summed E-state index contributed by atoms with van der Waals surface area (Å²) in [6.07, 6.45) is 5.26. The molecule has 0 N–H and O–H groups in total. The number of anilines is 3. The Morgan fingerprint density at radius 2 is 1.52 bits per heavy atom. The highest BCUT2D eigenvalue weighted by Crippen LogP contribution is 2.51. The second kappa shape index (κ2) is 6.51. The van der Waals surface area contributed by atoms with Gasteiger partial charge in [-0.25, -0.2) is 9.97 Å². The summed E-state index contributed by atoms with van der Waals surface area (Å²) in [6, 6.07) is 23.0. The summed E-state index contributed by atoms with van der Waals surface area (Å²) in [6.45, 7) is 4.57. The van der Waals surface area contributed by atoms with Crippen LogP contribution in [0.15, 0.2) is 89.7 Å². The molecule has 0 aliphatic carbocycles. The largest absolute Gasteiger partial charge is 0.433 e. The summed E-state index contributed by atoms with van der Waals surface area (Å²) in [4.78, 5) is 15.6. The van der Waals surface area contributed by atoms with Crippen molar-refractivity contribution in [3.8, 4) is 11.6 Å². The van der Waals surface area contributed by atoms with Gasteiger partial charge >= 0.3 is 0 Å². The fourth-order valence-corrected chi connectivity index (χ4v) is 4.48. The summed E-state index contributed by atoms with van der Waals surface area (Å²) in [5, 5.41) is 0. The Morgan fingerprint density at radius 1 is 0.806 bits per heavy atom. The van der Waals surface area contributed by atoms with Gasteiger partial charge in [0.15, 0.2) is 5.58 Å². The Hall–Kier alpha value is -3.99. The van der Waals surface area contributed by atoms with E-state index in [9.17, 15) is 0 Å². The van der Waals surface area contributed by atoms with Crippen LogP contribution in [0.25, 0.3) is 22.7 Å². The molecule has 5 aromatic rings. The molecular weight excluding hydrogens is 384 g/mol. The molecular formula is C26H20N4O. The number of aromatic nitrogens is 3. The molecule has 0 radical (unpaired) electrons. The number of oxazole rings is 1. The summed E-state index contributed by atoms with van der Waals surface area (Å²) < 4.78 is 5.83. The van der Waals surface area contributed by atoms with Gasteiger partial charge in [-0.2, -0.15) is 0 Å². The molecule has 0 saturated heterocycles. The standard InChI is InChI=1S/C26H20N4O/c1-26(2)18-7-3-5-9-22(18)30(23-10-6-4-8-19(23)26)17-11-12-21(28-15-17)25-29-20-13-14-27-16-24(20)31-25/h3-16H,1-2H3. The first-order valence-electron chi connectivity index (χ1n) is 10.3. The average molecular weight is 404 g/mol. The molecule has 31 heavy (non-hydrogen) atoms. The number of para-hydroxylation sites is 2. The summed E-state index contributed by atoms with van der Waals surface area (Å²) in [5.74, 6) is 0.495. The number of benzene rings is 2. The Kier molecular flexibility index (Phi) is 3.74. The van der Waals surface area contributed by atoms with Crippen LogP contribution in [0, 0.1) is 0 Å². The van der Waals surface area contributed by atoms with Gasteiger partial charge in [0.25, 0.3) is 0 Å². The number of pyridine rings is 2. The second-order valence-corrected chi connectivity index (χ2v) is 8.26. The van der Waals surface area contributed by atoms with Gasteiger partial charge in [0.1, 0.15) is 11.2 Å². The van der Waals surface area contributed by atoms with Crippen LogP contribution in [0.5, 0.6) is 0 Å². The van der Waals surface area contributed by atoms with Crippen molar-refractivity contribution in [2.24, 2.45) is 0 Å². The Balaban J connectivity index is 1.47. The minimum atomic E-state index is -0.0801. The van der Waals surface area contributed by atoms with Gasteiger partial charge in [-0.05, 0) is 41.5 Å². The number of hydrogen-bond acceptors (Lipinski definition) is 5. The van der Waals surface area contributed by atoms with E-state index in [1.165, 1.54) is 22.5 Å². The third kappa shape index (κ3) is 2.66. The molecule has 0 unspecified atom stereocenters. The third-order valence-corrected chi connectivity index (χ3v) is 6.05. The number of fused-ring (bicyclic) bond motifs is 3. The molecule has 0 amide bonds. The first kappa shape index (κ1) is 17.8. The predicted octanol–water partition coefficient (Wildman–Crippen LogP) is 6.39. The molecule has 2 aromatic carbocycles. The van der Waals surface area contributed by atoms with Crippen molar-refractivity contribution in [3.05, 3.63) is 96.4 Å². The third-order valence-electron chi connectivity index (χ3n) is 6.05. The molecule has 6 rings (SSSR count). The lowest BCUT2D eigenvalue weighted by Crippen LogP contribution is -2.30. The molecule has 4 heterocycles. The highest BCUT2D eigenvalue weighted by atomic mass is 16.3. The lowest BCUT2D eigenvalue weighted by molar-refractivity contribution is 0.615. The monoisotopic (exact) mass is 404 g/mol. The smallest absolute Gasteiger partial charge is 0.246 e. The van der Waals surface area contributed by atoms with Crippen molar-refractivity contribution < 1.29 is 4.42 Å². The quantitative estimate of drug-likeness (QED) is 0.341. The maximum Gasteiger partial charge on any atom is 0.246 e. The molecule has 0 bridgehead atoms. The number of nitrogens with zero attached hydrogens (tertiary/aromatic N) is 4. The van der Waals surface area contributed by atoms with E-state index in [0.29, 0.717) is 17.2 Å². The zero-order valence-electron chi connectivity index (χ0n) is 17.3. The van der Waals surface area contributed by atoms with Crippen molar-refractivity contribution in [1.29, 1.82) is 0 Å². The molecule has 3 aromatic heterocycles. The highest BCUT2D eigenvalue weighted by Gasteiger charge is 2.36. The van der Waals surface area contributed by atoms with Crippen molar-refractivity contribution in [3.63, 3.8) is 0 Å². The summed E-state index contributed by atoms with van der Waals surface area (Å²) in [7, 11) is 0. The topological polar surface area (TPSA) is 55.1 Å². The van der Waals surface area contributed by atoms with Crippen LogP contribution in [0.4, 0.5) is 17.1 Å². The van der Waals surface area contributed by atoms with Crippen molar-refractivity contribution in [2.75, 3.05) is 4.90 Å². The van der Waals surface area contributed by atoms with Gasteiger partial charge in [0.2, 0.25) is 5.89 Å². The first-order valence-corrected chi connectivity index (χ1v) is 10.3. The van der Waals surface area contributed by atoms with Gasteiger partial charge in [0, 0.05) is 11.6 Å². The highest BCUT2D eigenvalue weighted by molar-refractivity contribution is 5.85. The van der Waals surface area contributed by atoms with Crippen LogP contribution in [0.3, 0.4) is 0 Å². The first-order chi connectivity index (χ1) is 15.1. The lowest BCUT2D eigenvalue weighted by atomic mass is 9.73. The Morgan fingerprint density at radius 3 is 2.16 bits per heavy atom. The maximum atomic E-state index is 5.83. The van der Waals surface area contributed by atoms with Crippen LogP contribution in [-0.4, -0.2) is 15.0 Å². The van der Waals surface area contributed by atoms with E-state index in [0.717, 1.165) is 11.2 Å². The molecule has 1 aliphatic rings. The molecule has 0 fully saturated rings. The van der Waals surface area contributed by atoms with E-state index in [1.807, 2.05) is 18.3 Å². The van der Waals surface area contributed by atoms with E-state index >= 15 is 0 Å². The van der Waals surface area contributed by atoms with E-state index in [2.05, 4.69) is 88.3 Å². The van der Waals surface area contributed by atoms with Crippen molar-refractivity contribution in [2.45, 2.75) is 19.3 Å². The van der Waals surface area contributed by atoms with E-state index in [4.69, 9.17) is 4.42 Å². The van der Waals surface area contributed by atoms with Crippen LogP contribution >= 0.6 is 0 Å². The van der Waals surface area contributed by atoms with Crippen LogP contribution < -0.4 is 4.90 Å². The van der Waals surface area contributed by atoms with E-state index < -0.39 is 0 Å². The van der Waals surface area contributed by atoms with Gasteiger partial charge in [-0.3, -0.25) is 4.98 Å². The van der Waals surface area contributed by atoms with Crippen molar-refractivity contribution >= 4 is 28.2 Å². The fourth-order valence-electron chi connectivity index (χ4n) is 4.48. The zero-order valence-corrected chi connectivity index (χ0v) is 17.3. The molecule has 150 valence electrons. The molecule has 5 nitrogen and oxygen atoms in total. The van der Waals surface area contributed by atoms with Crippen LogP contribution in [0.2, 0.25) is 0 Å². The average Bonchev–Trinajstić information content (AvgIpc) is 3.24. The SMILES string of the molecule is CC1(C)c2ccccc2N(c2ccc(-c3nc4ccncc4o3)nc2)c2ccccc21. The predicted molar refractivity (Wildman–Crippen MR) is 122 cm³/mol. The number of hydrogen-bond donors (Lipinski definition) is 0. The van der Waals surface area contributed by atoms with Gasteiger partial charge in [-0.1, -0.05) is 50.2 Å². The normalized spacial score (nSPS) is 14.3. The van der Waals surface area contributed by atoms with E-state index in [1.54, 1.807) is 12.4 Å². The summed E-state index contributed by atoms with van der Waals surface area (Å²) in [5.41, 5.74) is 7.98. The maximum absolute atomic E-state index is 5.83. The zero-order chi connectivity index (χ0) is 21.0. The van der Waals surface area contributed by atoms with Crippen LogP contribution in [0.1, 0.15) is 25.0 Å². The molecule has 1 aliphatic heterocycles. The Labute approximate surface area is 180 Å². The molecule has 0 spiro atoms. The summed E-state index contributed by atoms with van der Waals surface area (Å²) >= 11 is 0. The molecule has 0 saturated carbocycles. The second-order valence-electron chi connectivity index (χ2n) is 8.26. The fraction of sp³-hybridized carbons (Fsp3) is 0.115. The van der Waals surface area contributed by atoms with E-state index in [-0.39, 0.29) is 5.41 Å². The number of rotatable bonds is 2. The van der Waals surface area contributed by atoms with Crippen molar-refractivity contribution in [1.82, 2.24) is 15.0 Å². The lowest BCUT2D eigenvalue weighted by Gasteiger charge is -2.41. The molecule has 5 heteroatoms. The minimum absolute atomic E-state index is 0.0801. The molecule has 0 atom stereocenters. The Bertz CT molecular complexity index is 1340. The van der Waals surface area contributed by atoms with Gasteiger partial charge < -0.3 is 9.32 Å². The van der Waals surface area contributed by atoms with Gasteiger partial charge in [-0.15, -0.1) is 0 Å².